The summed E-state index contributed by atoms with van der Waals surface area (Å²) in [4.78, 5) is 4.62. The summed E-state index contributed by atoms with van der Waals surface area (Å²) >= 11 is 1.22. The van der Waals surface area contributed by atoms with Crippen LogP contribution in [0.15, 0.2) is 64.6 Å². The van der Waals surface area contributed by atoms with E-state index in [9.17, 15) is 8.42 Å². The first-order valence-electron chi connectivity index (χ1n) is 7.12. The van der Waals surface area contributed by atoms with Gasteiger partial charge in [-0.2, -0.15) is 0 Å². The lowest BCUT2D eigenvalue weighted by Gasteiger charge is -2.09. The maximum Gasteiger partial charge on any atom is 0.270 e. The van der Waals surface area contributed by atoms with Gasteiger partial charge < -0.3 is 5.11 Å². The van der Waals surface area contributed by atoms with Gasteiger partial charge in [0.25, 0.3) is 10.0 Å². The van der Waals surface area contributed by atoms with Gasteiger partial charge in [0, 0.05) is 0 Å². The minimum absolute atomic E-state index is 0.205. The summed E-state index contributed by atoms with van der Waals surface area (Å²) in [7, 11) is -3.76. The first-order chi connectivity index (χ1) is 11.6. The highest BCUT2D eigenvalue weighted by atomic mass is 32.2. The normalized spacial score (nSPS) is 11.2. The Labute approximate surface area is 144 Å². The van der Waals surface area contributed by atoms with Crippen LogP contribution in [0.3, 0.4) is 0 Å². The number of nitrogens with zero attached hydrogens (tertiary/aromatic N) is 2. The molecule has 5 nitrogen and oxygen atoms in total. The summed E-state index contributed by atoms with van der Waals surface area (Å²) < 4.78 is 27.4. The second-order valence-electron chi connectivity index (χ2n) is 4.77. The predicted octanol–water partition coefficient (Wildman–Crippen LogP) is 2.36. The Bertz CT molecular complexity index is 1020. The zero-order chi connectivity index (χ0) is 17.0. The highest BCUT2D eigenvalue weighted by Crippen LogP contribution is 2.28. The molecule has 7 heteroatoms. The summed E-state index contributed by atoms with van der Waals surface area (Å²) in [5, 5.41) is 9.06. The number of aromatic nitrogens is 2. The first kappa shape index (κ1) is 16.6. The summed E-state index contributed by atoms with van der Waals surface area (Å²) in [5.41, 5.74) is 1.13. The Morgan fingerprint density at radius 1 is 1.04 bits per heavy atom. The molecular formula is C17H14N2O3S2. The van der Waals surface area contributed by atoms with Crippen molar-refractivity contribution < 1.29 is 13.5 Å². The third-order valence-electron chi connectivity index (χ3n) is 3.25. The van der Waals surface area contributed by atoms with Crippen LogP contribution < -0.4 is 0 Å². The minimum atomic E-state index is -3.76. The van der Waals surface area contributed by atoms with Crippen molar-refractivity contribution in [3.05, 3.63) is 54.6 Å². The minimum Gasteiger partial charge on any atom is -0.384 e. The van der Waals surface area contributed by atoms with Crippen molar-refractivity contribution >= 4 is 32.8 Å². The zero-order valence-corrected chi connectivity index (χ0v) is 14.2. The van der Waals surface area contributed by atoms with Crippen molar-refractivity contribution in [2.45, 2.75) is 10.1 Å². The summed E-state index contributed by atoms with van der Waals surface area (Å²) in [5.74, 6) is 5.64. The maximum absolute atomic E-state index is 13.1. The van der Waals surface area contributed by atoms with E-state index in [1.165, 1.54) is 15.7 Å². The van der Waals surface area contributed by atoms with Gasteiger partial charge in [-0.15, -0.1) is 0 Å². The molecule has 0 unspecified atom stereocenters. The molecule has 0 amide bonds. The van der Waals surface area contributed by atoms with E-state index >= 15 is 0 Å². The topological polar surface area (TPSA) is 72.2 Å². The van der Waals surface area contributed by atoms with Crippen LogP contribution in [-0.4, -0.2) is 34.8 Å². The number of thioether (sulfide) groups is 1. The molecule has 0 aliphatic rings. The smallest absolute Gasteiger partial charge is 0.270 e. The molecule has 1 N–H and O–H groups in total. The molecule has 122 valence electrons. The molecule has 0 bridgehead atoms. The Kier molecular flexibility index (Phi) is 4.90. The third-order valence-corrected chi connectivity index (χ3v) is 5.90. The van der Waals surface area contributed by atoms with Crippen molar-refractivity contribution in [1.82, 2.24) is 8.96 Å². The fourth-order valence-corrected chi connectivity index (χ4v) is 4.72. The van der Waals surface area contributed by atoms with E-state index < -0.39 is 10.0 Å². The van der Waals surface area contributed by atoms with Gasteiger partial charge >= 0.3 is 0 Å². The molecule has 0 aliphatic carbocycles. The van der Waals surface area contributed by atoms with Crippen LogP contribution in [-0.2, 0) is 10.0 Å². The SMILES string of the molecule is O=S(=O)(c1ccccc1)n1c(SCC#CCO)nc2ccccc21. The standard InChI is InChI=1S/C17H14N2O3S2/c20-12-6-7-13-23-17-18-15-10-4-5-11-16(15)19(17)24(21,22)14-8-2-1-3-9-14/h1-5,8-11,20H,12-13H2. The van der Waals surface area contributed by atoms with E-state index in [1.54, 1.807) is 48.5 Å². The Balaban J connectivity index is 2.14. The van der Waals surface area contributed by atoms with Gasteiger partial charge in [0.15, 0.2) is 5.16 Å². The molecule has 3 aromatic rings. The molecule has 0 atom stereocenters. The molecule has 1 aromatic heterocycles. The molecule has 1 heterocycles. The molecule has 0 fully saturated rings. The number of para-hydroxylation sites is 2. The molecule has 0 saturated carbocycles. The summed E-state index contributed by atoms with van der Waals surface area (Å²) in [6.45, 7) is -0.223. The first-order valence-corrected chi connectivity index (χ1v) is 9.54. The van der Waals surface area contributed by atoms with E-state index in [4.69, 9.17) is 5.11 Å². The Morgan fingerprint density at radius 2 is 1.75 bits per heavy atom. The molecule has 0 spiro atoms. The van der Waals surface area contributed by atoms with Crippen LogP contribution in [0.1, 0.15) is 0 Å². The molecule has 0 saturated heterocycles. The molecule has 2 aromatic carbocycles. The largest absolute Gasteiger partial charge is 0.384 e. The van der Waals surface area contributed by atoms with Gasteiger partial charge in [-0.3, -0.25) is 0 Å². The van der Waals surface area contributed by atoms with Crippen molar-refractivity contribution in [1.29, 1.82) is 0 Å². The van der Waals surface area contributed by atoms with E-state index in [0.29, 0.717) is 21.9 Å². The van der Waals surface area contributed by atoms with Crippen molar-refractivity contribution in [2.75, 3.05) is 12.4 Å². The third kappa shape index (κ3) is 3.17. The van der Waals surface area contributed by atoms with Crippen LogP contribution in [0.2, 0.25) is 0 Å². The fraction of sp³-hybridized carbons (Fsp3) is 0.118. The Hall–Kier alpha value is -2.27. The number of rotatable bonds is 4. The van der Waals surface area contributed by atoms with Crippen molar-refractivity contribution in [3.63, 3.8) is 0 Å². The van der Waals surface area contributed by atoms with Gasteiger partial charge in [0.05, 0.1) is 21.7 Å². The van der Waals surface area contributed by atoms with Gasteiger partial charge in [0.2, 0.25) is 0 Å². The summed E-state index contributed by atoms with van der Waals surface area (Å²) in [6.07, 6.45) is 0. The number of fused-ring (bicyclic) bond motifs is 1. The van der Waals surface area contributed by atoms with Crippen LogP contribution in [0.5, 0.6) is 0 Å². The summed E-state index contributed by atoms with van der Waals surface area (Å²) in [6, 6.07) is 15.4. The monoisotopic (exact) mass is 358 g/mol. The number of aliphatic hydroxyl groups excluding tert-OH is 1. The Morgan fingerprint density at radius 3 is 2.50 bits per heavy atom. The fourth-order valence-electron chi connectivity index (χ4n) is 2.21. The van der Waals surface area contributed by atoms with Gasteiger partial charge in [-0.05, 0) is 24.3 Å². The van der Waals surface area contributed by atoms with Crippen LogP contribution in [0.25, 0.3) is 11.0 Å². The lowest BCUT2D eigenvalue weighted by molar-refractivity contribution is 0.350. The molecule has 0 aliphatic heterocycles. The highest BCUT2D eigenvalue weighted by Gasteiger charge is 2.24. The lowest BCUT2D eigenvalue weighted by atomic mass is 10.3. The second kappa shape index (κ2) is 7.09. The molecule has 24 heavy (non-hydrogen) atoms. The van der Waals surface area contributed by atoms with E-state index in [0.717, 1.165) is 0 Å². The van der Waals surface area contributed by atoms with Gasteiger partial charge in [-0.1, -0.05) is 53.9 Å². The van der Waals surface area contributed by atoms with Crippen LogP contribution in [0, 0.1) is 11.8 Å². The maximum atomic E-state index is 13.1. The number of aliphatic hydroxyl groups is 1. The van der Waals surface area contributed by atoms with Crippen LogP contribution in [0.4, 0.5) is 0 Å². The quantitative estimate of drug-likeness (QED) is 0.573. The number of hydrogen-bond acceptors (Lipinski definition) is 5. The zero-order valence-electron chi connectivity index (χ0n) is 12.6. The van der Waals surface area contributed by atoms with Crippen LogP contribution >= 0.6 is 11.8 Å². The average molecular weight is 358 g/mol. The lowest BCUT2D eigenvalue weighted by Crippen LogP contribution is -2.14. The molecule has 3 rings (SSSR count). The van der Waals surface area contributed by atoms with E-state index in [2.05, 4.69) is 16.8 Å². The number of imidazole rings is 1. The highest BCUT2D eigenvalue weighted by molar-refractivity contribution is 8.00. The van der Waals surface area contributed by atoms with Gasteiger partial charge in [-0.25, -0.2) is 17.4 Å². The second-order valence-corrected chi connectivity index (χ2v) is 7.50. The van der Waals surface area contributed by atoms with E-state index in [-0.39, 0.29) is 11.5 Å². The molecular weight excluding hydrogens is 344 g/mol. The van der Waals surface area contributed by atoms with Gasteiger partial charge in [0.1, 0.15) is 6.61 Å². The number of hydrogen-bond donors (Lipinski definition) is 1. The number of benzene rings is 2. The average Bonchev–Trinajstić information content (AvgIpc) is 2.98. The molecule has 0 radical (unpaired) electrons. The van der Waals surface area contributed by atoms with Crippen molar-refractivity contribution in [2.24, 2.45) is 0 Å². The van der Waals surface area contributed by atoms with E-state index in [1.807, 2.05) is 6.07 Å². The van der Waals surface area contributed by atoms with Crippen molar-refractivity contribution in [3.8, 4) is 11.8 Å². The predicted molar refractivity (Wildman–Crippen MR) is 94.3 cm³/mol.